The van der Waals surface area contributed by atoms with Gasteiger partial charge in [0.1, 0.15) is 0 Å². The number of carbonyl (C=O) groups excluding carboxylic acids is 1. The molecule has 1 saturated heterocycles. The van der Waals surface area contributed by atoms with Gasteiger partial charge < -0.3 is 4.74 Å². The van der Waals surface area contributed by atoms with Gasteiger partial charge in [0, 0.05) is 11.8 Å². The molecule has 78 valence electrons. The second-order valence-corrected chi connectivity index (χ2v) is 4.88. The maximum Gasteiger partial charge on any atom is 0.305 e. The summed E-state index contributed by atoms with van der Waals surface area (Å²) in [6.07, 6.45) is 6.19. The second-order valence-electron chi connectivity index (χ2n) is 4.88. The Balaban J connectivity index is 2.12. The highest BCUT2D eigenvalue weighted by Crippen LogP contribution is 2.45. The van der Waals surface area contributed by atoms with Crippen LogP contribution in [0.1, 0.15) is 39.5 Å². The fourth-order valence-corrected chi connectivity index (χ4v) is 2.63. The Hall–Kier alpha value is -0.790. The topological polar surface area (TPSA) is 26.3 Å². The number of ether oxygens (including phenoxy) is 1. The summed E-state index contributed by atoms with van der Waals surface area (Å²) in [6.45, 7) is 5.12. The molecule has 2 rings (SSSR count). The van der Waals surface area contributed by atoms with Crippen molar-refractivity contribution in [2.75, 3.05) is 6.61 Å². The lowest BCUT2D eigenvalue weighted by atomic mass is 9.65. The minimum atomic E-state index is -0.0194. The van der Waals surface area contributed by atoms with Crippen molar-refractivity contribution in [2.45, 2.75) is 39.5 Å². The van der Waals surface area contributed by atoms with Gasteiger partial charge in [0.15, 0.2) is 0 Å². The standard InChI is InChI=1S/C12H18O2/c1-9-3-5-12(10(2)7-9)6-4-11(13)14-8-12/h3,10H,4-8H2,1-2H3/t10-,12?/m0/s1. The summed E-state index contributed by atoms with van der Waals surface area (Å²) < 4.78 is 5.21. The smallest absolute Gasteiger partial charge is 0.305 e. The zero-order valence-electron chi connectivity index (χ0n) is 9.01. The third kappa shape index (κ3) is 1.58. The lowest BCUT2D eigenvalue weighted by Crippen LogP contribution is -2.40. The van der Waals surface area contributed by atoms with Gasteiger partial charge in [-0.2, -0.15) is 0 Å². The van der Waals surface area contributed by atoms with Gasteiger partial charge in [-0.1, -0.05) is 18.6 Å². The molecule has 0 bridgehead atoms. The molecule has 2 heteroatoms. The van der Waals surface area contributed by atoms with Crippen molar-refractivity contribution in [2.24, 2.45) is 11.3 Å². The van der Waals surface area contributed by atoms with E-state index >= 15 is 0 Å². The lowest BCUT2D eigenvalue weighted by Gasteiger charge is -2.43. The van der Waals surface area contributed by atoms with Crippen molar-refractivity contribution in [1.29, 1.82) is 0 Å². The highest BCUT2D eigenvalue weighted by Gasteiger charge is 2.41. The van der Waals surface area contributed by atoms with Crippen LogP contribution in [0.2, 0.25) is 0 Å². The Bertz CT molecular complexity index is 268. The van der Waals surface area contributed by atoms with E-state index in [9.17, 15) is 4.79 Å². The van der Waals surface area contributed by atoms with Crippen LogP contribution >= 0.6 is 0 Å². The quantitative estimate of drug-likeness (QED) is 0.438. The fraction of sp³-hybridized carbons (Fsp3) is 0.750. The second kappa shape index (κ2) is 3.41. The number of carbonyl (C=O) groups is 1. The van der Waals surface area contributed by atoms with E-state index < -0.39 is 0 Å². The average Bonchev–Trinajstić information content (AvgIpc) is 2.16. The van der Waals surface area contributed by atoms with Gasteiger partial charge in [0.05, 0.1) is 6.61 Å². The van der Waals surface area contributed by atoms with Crippen molar-refractivity contribution >= 4 is 5.97 Å². The average molecular weight is 194 g/mol. The van der Waals surface area contributed by atoms with Crippen LogP contribution in [0.3, 0.4) is 0 Å². The molecular formula is C12H18O2. The Labute approximate surface area is 85.3 Å². The van der Waals surface area contributed by atoms with Gasteiger partial charge in [-0.25, -0.2) is 0 Å². The fourth-order valence-electron chi connectivity index (χ4n) is 2.63. The van der Waals surface area contributed by atoms with Crippen LogP contribution in [0.5, 0.6) is 0 Å². The maximum atomic E-state index is 11.0. The molecule has 0 saturated carbocycles. The first kappa shape index (κ1) is 9.75. The third-order valence-corrected chi connectivity index (χ3v) is 3.88. The molecule has 14 heavy (non-hydrogen) atoms. The summed E-state index contributed by atoms with van der Waals surface area (Å²) in [4.78, 5) is 11.0. The van der Waals surface area contributed by atoms with E-state index in [2.05, 4.69) is 19.9 Å². The summed E-state index contributed by atoms with van der Waals surface area (Å²) in [6, 6.07) is 0. The summed E-state index contributed by atoms with van der Waals surface area (Å²) in [5.41, 5.74) is 1.74. The first-order valence-electron chi connectivity index (χ1n) is 5.44. The van der Waals surface area contributed by atoms with E-state index in [0.717, 1.165) is 19.3 Å². The third-order valence-electron chi connectivity index (χ3n) is 3.88. The van der Waals surface area contributed by atoms with Gasteiger partial charge in [0.25, 0.3) is 0 Å². The number of rotatable bonds is 0. The molecule has 1 spiro atoms. The first-order valence-corrected chi connectivity index (χ1v) is 5.44. The van der Waals surface area contributed by atoms with Gasteiger partial charge in [-0.3, -0.25) is 4.79 Å². The molecule has 0 radical (unpaired) electrons. The maximum absolute atomic E-state index is 11.0. The van der Waals surface area contributed by atoms with Crippen LogP contribution in [-0.2, 0) is 9.53 Å². The van der Waals surface area contributed by atoms with Crippen LogP contribution in [0, 0.1) is 11.3 Å². The van der Waals surface area contributed by atoms with Gasteiger partial charge in [-0.15, -0.1) is 0 Å². The van der Waals surface area contributed by atoms with Crippen LogP contribution in [-0.4, -0.2) is 12.6 Å². The number of allylic oxidation sites excluding steroid dienone is 2. The van der Waals surface area contributed by atoms with E-state index in [1.165, 1.54) is 5.57 Å². The Morgan fingerprint density at radius 1 is 1.57 bits per heavy atom. The number of hydrogen-bond acceptors (Lipinski definition) is 2. The van der Waals surface area contributed by atoms with E-state index in [1.807, 2.05) is 0 Å². The van der Waals surface area contributed by atoms with Gasteiger partial charge in [-0.05, 0) is 32.1 Å². The molecule has 2 nitrogen and oxygen atoms in total. The lowest BCUT2D eigenvalue weighted by molar-refractivity contribution is -0.157. The molecule has 1 fully saturated rings. The van der Waals surface area contributed by atoms with Crippen molar-refractivity contribution in [3.8, 4) is 0 Å². The molecule has 1 heterocycles. The van der Waals surface area contributed by atoms with E-state index in [1.54, 1.807) is 0 Å². The zero-order valence-corrected chi connectivity index (χ0v) is 9.01. The van der Waals surface area contributed by atoms with Crippen LogP contribution in [0.15, 0.2) is 11.6 Å². The Kier molecular flexibility index (Phi) is 2.38. The van der Waals surface area contributed by atoms with Crippen molar-refractivity contribution in [1.82, 2.24) is 0 Å². The predicted octanol–water partition coefficient (Wildman–Crippen LogP) is 2.69. The molecule has 0 amide bonds. The summed E-state index contributed by atoms with van der Waals surface area (Å²) >= 11 is 0. The minimum Gasteiger partial charge on any atom is -0.465 e. The monoisotopic (exact) mass is 194 g/mol. The summed E-state index contributed by atoms with van der Waals surface area (Å²) in [5.74, 6) is 0.634. The molecular weight excluding hydrogens is 176 g/mol. The zero-order chi connectivity index (χ0) is 10.2. The molecule has 0 aromatic carbocycles. The Morgan fingerprint density at radius 3 is 2.93 bits per heavy atom. The minimum absolute atomic E-state index is 0.0194. The van der Waals surface area contributed by atoms with Crippen molar-refractivity contribution in [3.05, 3.63) is 11.6 Å². The number of hydrogen-bond donors (Lipinski definition) is 0. The molecule has 1 aliphatic carbocycles. The largest absolute Gasteiger partial charge is 0.465 e. The van der Waals surface area contributed by atoms with Gasteiger partial charge >= 0.3 is 5.97 Å². The molecule has 2 atom stereocenters. The molecule has 0 aromatic rings. The van der Waals surface area contributed by atoms with E-state index in [0.29, 0.717) is 18.9 Å². The van der Waals surface area contributed by atoms with E-state index in [-0.39, 0.29) is 11.4 Å². The summed E-state index contributed by atoms with van der Waals surface area (Å²) in [7, 11) is 0. The first-order chi connectivity index (χ1) is 6.62. The number of esters is 1. The molecule has 1 unspecified atom stereocenters. The molecule has 0 aromatic heterocycles. The highest BCUT2D eigenvalue weighted by molar-refractivity contribution is 5.70. The summed E-state index contributed by atoms with van der Waals surface area (Å²) in [5, 5.41) is 0. The van der Waals surface area contributed by atoms with Crippen LogP contribution < -0.4 is 0 Å². The van der Waals surface area contributed by atoms with Crippen molar-refractivity contribution < 1.29 is 9.53 Å². The van der Waals surface area contributed by atoms with Crippen LogP contribution in [0.4, 0.5) is 0 Å². The SMILES string of the molecule is CC1=CCC2(CCC(=O)OC2)[C@@H](C)C1. The molecule has 1 aliphatic heterocycles. The number of cyclic esters (lactones) is 1. The van der Waals surface area contributed by atoms with Gasteiger partial charge in [0.2, 0.25) is 0 Å². The van der Waals surface area contributed by atoms with Crippen LogP contribution in [0.25, 0.3) is 0 Å². The predicted molar refractivity (Wildman–Crippen MR) is 54.8 cm³/mol. The van der Waals surface area contributed by atoms with Crippen molar-refractivity contribution in [3.63, 3.8) is 0 Å². The molecule has 0 N–H and O–H groups in total. The Morgan fingerprint density at radius 2 is 2.36 bits per heavy atom. The normalized spacial score (nSPS) is 38.0. The molecule has 2 aliphatic rings. The van der Waals surface area contributed by atoms with E-state index in [4.69, 9.17) is 4.74 Å². The highest BCUT2D eigenvalue weighted by atomic mass is 16.5.